The molecule has 190 valence electrons. The Labute approximate surface area is 228 Å². The summed E-state index contributed by atoms with van der Waals surface area (Å²) in [6, 6.07) is 19.0. The van der Waals surface area contributed by atoms with E-state index in [1.807, 2.05) is 62.4 Å². The molecule has 0 saturated carbocycles. The van der Waals surface area contributed by atoms with E-state index in [1.165, 1.54) is 7.11 Å². The number of nitrogens with zero attached hydrogens (tertiary/aromatic N) is 1. The van der Waals surface area contributed by atoms with Crippen LogP contribution in [0.15, 0.2) is 70.0 Å². The lowest BCUT2D eigenvalue weighted by atomic mass is 10.1. The second kappa shape index (κ2) is 11.7. The zero-order chi connectivity index (χ0) is 26.5. The third kappa shape index (κ3) is 6.42. The van der Waals surface area contributed by atoms with Crippen molar-refractivity contribution in [3.63, 3.8) is 0 Å². The third-order valence-corrected chi connectivity index (χ3v) is 7.11. The predicted octanol–water partition coefficient (Wildman–Crippen LogP) is 6.33. The number of benzene rings is 3. The summed E-state index contributed by atoms with van der Waals surface area (Å²) in [6.07, 6.45) is 1.60. The molecule has 0 spiro atoms. The number of aryl methyl sites for hydroxylation is 2. The molecule has 1 aliphatic rings. The number of carbonyl (C=O) groups excluding carboxylic acids is 3. The summed E-state index contributed by atoms with van der Waals surface area (Å²) in [7, 11) is 1.53. The normalized spacial score (nSPS) is 14.3. The number of nitrogens with one attached hydrogen (secondary N) is 1. The fraction of sp³-hybridized carbons (Fsp3) is 0.179. The standard InChI is InChI=1S/C28H25BrN2O5S/c1-17-9-10-18(2)22(11-17)30-25(32)15-31-27(33)24(37-28(31)34)14-20-12-21(29)26(23(13-20)35-3)36-16-19-7-5-4-6-8-19/h4-14H,15-16H2,1-3H3,(H,30,32)/b24-14+. The van der Waals surface area contributed by atoms with Crippen molar-refractivity contribution in [3.8, 4) is 11.5 Å². The number of hydrogen-bond acceptors (Lipinski definition) is 6. The Kier molecular flexibility index (Phi) is 8.35. The van der Waals surface area contributed by atoms with E-state index >= 15 is 0 Å². The lowest BCUT2D eigenvalue weighted by Crippen LogP contribution is -2.36. The lowest BCUT2D eigenvalue weighted by molar-refractivity contribution is -0.127. The largest absolute Gasteiger partial charge is 0.493 e. The van der Waals surface area contributed by atoms with Crippen LogP contribution >= 0.6 is 27.7 Å². The van der Waals surface area contributed by atoms with E-state index in [-0.39, 0.29) is 11.4 Å². The van der Waals surface area contributed by atoms with Gasteiger partial charge < -0.3 is 14.8 Å². The van der Waals surface area contributed by atoms with Crippen molar-refractivity contribution in [1.82, 2.24) is 4.90 Å². The second-order valence-corrected chi connectivity index (χ2v) is 10.3. The molecule has 4 rings (SSSR count). The van der Waals surface area contributed by atoms with Crippen molar-refractivity contribution in [2.75, 3.05) is 19.0 Å². The van der Waals surface area contributed by atoms with Gasteiger partial charge in [0.1, 0.15) is 13.2 Å². The van der Waals surface area contributed by atoms with Crippen molar-refractivity contribution in [2.45, 2.75) is 20.5 Å². The number of thioether (sulfide) groups is 1. The summed E-state index contributed by atoms with van der Waals surface area (Å²) < 4.78 is 12.1. The number of anilines is 1. The van der Waals surface area contributed by atoms with Crippen LogP contribution in [0, 0.1) is 13.8 Å². The van der Waals surface area contributed by atoms with Crippen LogP contribution in [0.5, 0.6) is 11.5 Å². The molecule has 0 radical (unpaired) electrons. The summed E-state index contributed by atoms with van der Waals surface area (Å²) >= 11 is 4.31. The van der Waals surface area contributed by atoms with Crippen LogP contribution in [0.4, 0.5) is 10.5 Å². The SMILES string of the molecule is COc1cc(/C=C2/SC(=O)N(CC(=O)Nc3cc(C)ccc3C)C2=O)cc(Br)c1OCc1ccccc1. The lowest BCUT2D eigenvalue weighted by Gasteiger charge is -2.14. The van der Waals surface area contributed by atoms with Gasteiger partial charge in [0, 0.05) is 5.69 Å². The Bertz CT molecular complexity index is 1390. The van der Waals surface area contributed by atoms with Crippen LogP contribution < -0.4 is 14.8 Å². The highest BCUT2D eigenvalue weighted by atomic mass is 79.9. The molecule has 3 aromatic carbocycles. The highest BCUT2D eigenvalue weighted by Crippen LogP contribution is 2.39. The molecule has 1 heterocycles. The Morgan fingerprint density at radius 3 is 2.57 bits per heavy atom. The zero-order valence-electron chi connectivity index (χ0n) is 20.5. The smallest absolute Gasteiger partial charge is 0.294 e. The van der Waals surface area contributed by atoms with Gasteiger partial charge in [-0.05, 0) is 88.1 Å². The summed E-state index contributed by atoms with van der Waals surface area (Å²) in [5.41, 5.74) is 4.19. The minimum atomic E-state index is -0.523. The van der Waals surface area contributed by atoms with Crippen molar-refractivity contribution >= 4 is 56.5 Å². The first-order chi connectivity index (χ1) is 17.7. The molecule has 37 heavy (non-hydrogen) atoms. The van der Waals surface area contributed by atoms with Gasteiger partial charge in [0.2, 0.25) is 5.91 Å². The van der Waals surface area contributed by atoms with Gasteiger partial charge in [0.25, 0.3) is 11.1 Å². The molecule has 0 unspecified atom stereocenters. The summed E-state index contributed by atoms with van der Waals surface area (Å²) in [5.74, 6) is 0.0376. The van der Waals surface area contributed by atoms with Crippen LogP contribution in [0.1, 0.15) is 22.3 Å². The number of halogens is 1. The number of rotatable bonds is 8. The summed E-state index contributed by atoms with van der Waals surface area (Å²) in [5, 5.41) is 2.29. The highest BCUT2D eigenvalue weighted by molar-refractivity contribution is 9.10. The Hall–Kier alpha value is -3.56. The van der Waals surface area contributed by atoms with E-state index < -0.39 is 17.1 Å². The van der Waals surface area contributed by atoms with Crippen LogP contribution in [-0.2, 0) is 16.2 Å². The van der Waals surface area contributed by atoms with E-state index in [1.54, 1.807) is 18.2 Å². The van der Waals surface area contributed by atoms with Gasteiger partial charge in [-0.25, -0.2) is 0 Å². The van der Waals surface area contributed by atoms with Crippen LogP contribution in [0.25, 0.3) is 6.08 Å². The Morgan fingerprint density at radius 1 is 1.08 bits per heavy atom. The monoisotopic (exact) mass is 580 g/mol. The van der Waals surface area contributed by atoms with E-state index in [0.717, 1.165) is 33.4 Å². The Balaban J connectivity index is 1.47. The Morgan fingerprint density at radius 2 is 1.84 bits per heavy atom. The number of ether oxygens (including phenoxy) is 2. The molecule has 0 aromatic heterocycles. The molecule has 0 bridgehead atoms. The van der Waals surface area contributed by atoms with Gasteiger partial charge in [-0.3, -0.25) is 19.3 Å². The number of methoxy groups -OCH3 is 1. The molecule has 1 aliphatic heterocycles. The van der Waals surface area contributed by atoms with E-state index in [0.29, 0.717) is 33.8 Å². The predicted molar refractivity (Wildman–Crippen MR) is 149 cm³/mol. The zero-order valence-corrected chi connectivity index (χ0v) is 22.9. The number of hydrogen-bond donors (Lipinski definition) is 1. The van der Waals surface area contributed by atoms with Gasteiger partial charge in [-0.15, -0.1) is 0 Å². The number of carbonyl (C=O) groups is 3. The molecule has 3 amide bonds. The molecule has 0 aliphatic carbocycles. The quantitative estimate of drug-likeness (QED) is 0.313. The molecular weight excluding hydrogens is 556 g/mol. The summed E-state index contributed by atoms with van der Waals surface area (Å²) in [4.78, 5) is 39.3. The number of imide groups is 1. The van der Waals surface area contributed by atoms with Crippen molar-refractivity contribution in [1.29, 1.82) is 0 Å². The maximum Gasteiger partial charge on any atom is 0.294 e. The van der Waals surface area contributed by atoms with E-state index in [9.17, 15) is 14.4 Å². The molecular formula is C28H25BrN2O5S. The maximum absolute atomic E-state index is 13.0. The minimum absolute atomic E-state index is 0.219. The van der Waals surface area contributed by atoms with Gasteiger partial charge >= 0.3 is 0 Å². The van der Waals surface area contributed by atoms with E-state index in [4.69, 9.17) is 9.47 Å². The first kappa shape index (κ1) is 26.5. The first-order valence-electron chi connectivity index (χ1n) is 11.4. The molecule has 3 aromatic rings. The van der Waals surface area contributed by atoms with E-state index in [2.05, 4.69) is 21.2 Å². The third-order valence-electron chi connectivity index (χ3n) is 5.62. The molecule has 7 nitrogen and oxygen atoms in total. The highest BCUT2D eigenvalue weighted by Gasteiger charge is 2.36. The van der Waals surface area contributed by atoms with Crippen LogP contribution in [0.3, 0.4) is 0 Å². The van der Waals surface area contributed by atoms with Gasteiger partial charge in [0.15, 0.2) is 11.5 Å². The fourth-order valence-electron chi connectivity index (χ4n) is 3.68. The maximum atomic E-state index is 13.0. The topological polar surface area (TPSA) is 84.9 Å². The first-order valence-corrected chi connectivity index (χ1v) is 13.0. The summed E-state index contributed by atoms with van der Waals surface area (Å²) in [6.45, 7) is 3.79. The fourth-order valence-corrected chi connectivity index (χ4v) is 5.10. The van der Waals surface area contributed by atoms with Crippen molar-refractivity contribution in [3.05, 3.63) is 92.3 Å². The molecule has 0 atom stereocenters. The van der Waals surface area contributed by atoms with Crippen molar-refractivity contribution < 1.29 is 23.9 Å². The average molecular weight is 581 g/mol. The second-order valence-electron chi connectivity index (χ2n) is 8.44. The van der Waals surface area contributed by atoms with Gasteiger partial charge in [-0.1, -0.05) is 42.5 Å². The van der Waals surface area contributed by atoms with Gasteiger partial charge in [-0.2, -0.15) is 0 Å². The molecule has 1 saturated heterocycles. The molecule has 9 heteroatoms. The van der Waals surface area contributed by atoms with Crippen LogP contribution in [0.2, 0.25) is 0 Å². The number of amides is 3. The minimum Gasteiger partial charge on any atom is -0.493 e. The van der Waals surface area contributed by atoms with Gasteiger partial charge in [0.05, 0.1) is 16.5 Å². The van der Waals surface area contributed by atoms with Crippen molar-refractivity contribution in [2.24, 2.45) is 0 Å². The van der Waals surface area contributed by atoms with Crippen LogP contribution in [-0.4, -0.2) is 35.6 Å². The average Bonchev–Trinajstić information content (AvgIpc) is 3.13. The molecule has 1 N–H and O–H groups in total. The molecule has 1 fully saturated rings.